The van der Waals surface area contributed by atoms with Crippen molar-refractivity contribution in [3.05, 3.63) is 39.3 Å². The molecule has 2 heterocycles. The summed E-state index contributed by atoms with van der Waals surface area (Å²) in [6, 6.07) is 4.64. The lowest BCUT2D eigenvalue weighted by Crippen LogP contribution is -2.23. The minimum absolute atomic E-state index is 0.119. The van der Waals surface area contributed by atoms with Crippen LogP contribution in [0.2, 0.25) is 0 Å². The number of benzene rings is 1. The van der Waals surface area contributed by atoms with Gasteiger partial charge in [-0.05, 0) is 37.6 Å². The summed E-state index contributed by atoms with van der Waals surface area (Å²) in [4.78, 5) is 16.9. The summed E-state index contributed by atoms with van der Waals surface area (Å²) in [5, 5.41) is 3.41. The predicted octanol–water partition coefficient (Wildman–Crippen LogP) is 1.73. The van der Waals surface area contributed by atoms with Gasteiger partial charge in [-0.15, -0.1) is 11.3 Å². The summed E-state index contributed by atoms with van der Waals surface area (Å²) in [5.41, 5.74) is 2.30. The molecule has 0 saturated heterocycles. The van der Waals surface area contributed by atoms with E-state index in [4.69, 9.17) is 0 Å². The third kappa shape index (κ3) is 2.90. The van der Waals surface area contributed by atoms with Crippen molar-refractivity contribution in [3.8, 4) is 0 Å². The molecule has 1 aromatic heterocycles. The minimum Gasteiger partial charge on any atom is -0.326 e. The second-order valence-corrected chi connectivity index (χ2v) is 8.17. The Morgan fingerprint density at radius 3 is 2.82 bits per heavy atom. The second kappa shape index (κ2) is 5.45. The highest BCUT2D eigenvalue weighted by molar-refractivity contribution is 7.89. The molecule has 0 spiro atoms. The zero-order valence-corrected chi connectivity index (χ0v) is 13.8. The molecule has 0 bridgehead atoms. The zero-order valence-electron chi connectivity index (χ0n) is 12.1. The Hall–Kier alpha value is -1.77. The maximum Gasteiger partial charge on any atom is 0.240 e. The van der Waals surface area contributed by atoms with Crippen molar-refractivity contribution in [2.24, 2.45) is 0 Å². The van der Waals surface area contributed by atoms with Gasteiger partial charge in [0.25, 0.3) is 0 Å². The summed E-state index contributed by atoms with van der Waals surface area (Å²) in [6.07, 6.45) is 0.212. The Balaban J connectivity index is 1.78. The second-order valence-electron chi connectivity index (χ2n) is 5.12. The van der Waals surface area contributed by atoms with Crippen LogP contribution >= 0.6 is 11.3 Å². The van der Waals surface area contributed by atoms with E-state index in [-0.39, 0.29) is 23.8 Å². The predicted molar refractivity (Wildman–Crippen MR) is 84.4 cm³/mol. The zero-order chi connectivity index (χ0) is 15.9. The molecular formula is C14H15N3O3S2. The minimum atomic E-state index is -3.62. The standard InChI is InChI=1S/C14H15N3O3S2/c1-8-9(2)21-14(16-8)7-15-22(19,20)11-3-4-12-10(5-11)6-13(18)17-12/h3-5,15H,6-7H2,1-2H3,(H,17,18). The van der Waals surface area contributed by atoms with Crippen LogP contribution in [0.3, 0.4) is 0 Å². The van der Waals surface area contributed by atoms with Crippen molar-refractivity contribution < 1.29 is 13.2 Å². The lowest BCUT2D eigenvalue weighted by molar-refractivity contribution is -0.115. The van der Waals surface area contributed by atoms with E-state index < -0.39 is 10.0 Å². The van der Waals surface area contributed by atoms with E-state index in [2.05, 4.69) is 15.0 Å². The summed E-state index contributed by atoms with van der Waals surface area (Å²) in [5.74, 6) is -0.119. The molecule has 0 atom stereocenters. The van der Waals surface area contributed by atoms with Crippen LogP contribution in [0.4, 0.5) is 5.69 Å². The molecule has 1 aromatic carbocycles. The smallest absolute Gasteiger partial charge is 0.240 e. The Labute approximate surface area is 132 Å². The highest BCUT2D eigenvalue weighted by atomic mass is 32.2. The van der Waals surface area contributed by atoms with Crippen LogP contribution in [0.5, 0.6) is 0 Å². The largest absolute Gasteiger partial charge is 0.326 e. The van der Waals surface area contributed by atoms with Crippen molar-refractivity contribution in [3.63, 3.8) is 0 Å². The Kier molecular flexibility index (Phi) is 3.75. The first-order valence-corrected chi connectivity index (χ1v) is 9.00. The number of rotatable bonds is 4. The lowest BCUT2D eigenvalue weighted by Gasteiger charge is -2.07. The van der Waals surface area contributed by atoms with E-state index in [9.17, 15) is 13.2 Å². The molecule has 1 amide bonds. The molecule has 8 heteroatoms. The van der Waals surface area contributed by atoms with Crippen LogP contribution in [0.15, 0.2) is 23.1 Å². The SMILES string of the molecule is Cc1nc(CNS(=O)(=O)c2ccc3c(c2)CC(=O)N3)sc1C. The van der Waals surface area contributed by atoms with Crippen LogP contribution in [0.1, 0.15) is 21.1 Å². The normalized spacial score (nSPS) is 14.0. The Morgan fingerprint density at radius 1 is 1.36 bits per heavy atom. The molecule has 3 rings (SSSR count). The number of amides is 1. The number of fused-ring (bicyclic) bond motifs is 1. The number of nitrogens with one attached hydrogen (secondary N) is 2. The molecule has 1 aliphatic rings. The fraction of sp³-hybridized carbons (Fsp3) is 0.286. The summed E-state index contributed by atoms with van der Waals surface area (Å²) in [7, 11) is -3.62. The number of sulfonamides is 1. The first-order valence-electron chi connectivity index (χ1n) is 6.70. The number of nitrogens with zero attached hydrogens (tertiary/aromatic N) is 1. The highest BCUT2D eigenvalue weighted by Crippen LogP contribution is 2.26. The number of carbonyl (C=O) groups is 1. The van der Waals surface area contributed by atoms with Gasteiger partial charge in [0.05, 0.1) is 23.6 Å². The van der Waals surface area contributed by atoms with Crippen LogP contribution in [0.25, 0.3) is 0 Å². The van der Waals surface area contributed by atoms with Gasteiger partial charge < -0.3 is 5.32 Å². The van der Waals surface area contributed by atoms with E-state index >= 15 is 0 Å². The first kappa shape index (κ1) is 15.1. The number of thiazole rings is 1. The highest BCUT2D eigenvalue weighted by Gasteiger charge is 2.22. The van der Waals surface area contributed by atoms with Gasteiger partial charge in [0, 0.05) is 10.6 Å². The fourth-order valence-corrected chi connectivity index (χ4v) is 4.23. The van der Waals surface area contributed by atoms with Crippen molar-refractivity contribution in [1.29, 1.82) is 0 Å². The monoisotopic (exact) mass is 337 g/mol. The van der Waals surface area contributed by atoms with Crippen molar-refractivity contribution >= 4 is 33.0 Å². The molecule has 0 saturated carbocycles. The summed E-state index contributed by atoms with van der Waals surface area (Å²) >= 11 is 1.48. The topological polar surface area (TPSA) is 88.2 Å². The molecule has 2 N–H and O–H groups in total. The molecule has 0 unspecified atom stereocenters. The molecule has 116 valence electrons. The average Bonchev–Trinajstić information content (AvgIpc) is 2.98. The molecule has 22 heavy (non-hydrogen) atoms. The Bertz CT molecular complexity index is 837. The quantitative estimate of drug-likeness (QED) is 0.889. The van der Waals surface area contributed by atoms with Gasteiger partial charge in [-0.3, -0.25) is 4.79 Å². The fourth-order valence-electron chi connectivity index (χ4n) is 2.23. The van der Waals surface area contributed by atoms with Gasteiger partial charge in [0.2, 0.25) is 15.9 Å². The van der Waals surface area contributed by atoms with Gasteiger partial charge in [-0.1, -0.05) is 0 Å². The molecule has 1 aliphatic heterocycles. The number of hydrogen-bond donors (Lipinski definition) is 2. The van der Waals surface area contributed by atoms with Gasteiger partial charge in [0.15, 0.2) is 0 Å². The third-order valence-electron chi connectivity index (χ3n) is 3.50. The molecule has 0 radical (unpaired) electrons. The van der Waals surface area contributed by atoms with Gasteiger partial charge >= 0.3 is 0 Å². The molecular weight excluding hydrogens is 322 g/mol. The van der Waals surface area contributed by atoms with Crippen molar-refractivity contribution in [1.82, 2.24) is 9.71 Å². The van der Waals surface area contributed by atoms with E-state index in [1.54, 1.807) is 6.07 Å². The summed E-state index contributed by atoms with van der Waals surface area (Å²) < 4.78 is 27.2. The average molecular weight is 337 g/mol. The number of aromatic nitrogens is 1. The van der Waals surface area contributed by atoms with Crippen LogP contribution in [-0.2, 0) is 27.8 Å². The third-order valence-corrected chi connectivity index (χ3v) is 5.97. The maximum absolute atomic E-state index is 12.3. The van der Waals surface area contributed by atoms with Crippen LogP contribution < -0.4 is 10.0 Å². The number of hydrogen-bond acceptors (Lipinski definition) is 5. The molecule has 2 aromatic rings. The van der Waals surface area contributed by atoms with E-state index in [1.807, 2.05) is 13.8 Å². The van der Waals surface area contributed by atoms with E-state index in [0.717, 1.165) is 15.6 Å². The van der Waals surface area contributed by atoms with Crippen LogP contribution in [-0.4, -0.2) is 19.3 Å². The van der Waals surface area contributed by atoms with Gasteiger partial charge in [-0.25, -0.2) is 18.1 Å². The van der Waals surface area contributed by atoms with Gasteiger partial charge in [-0.2, -0.15) is 0 Å². The molecule has 6 nitrogen and oxygen atoms in total. The van der Waals surface area contributed by atoms with Crippen molar-refractivity contribution in [2.75, 3.05) is 5.32 Å². The number of aryl methyl sites for hydroxylation is 2. The first-order chi connectivity index (χ1) is 10.3. The van der Waals surface area contributed by atoms with Gasteiger partial charge in [0.1, 0.15) is 5.01 Å². The number of carbonyl (C=O) groups excluding carboxylic acids is 1. The van der Waals surface area contributed by atoms with E-state index in [1.165, 1.54) is 23.5 Å². The Morgan fingerprint density at radius 2 is 2.14 bits per heavy atom. The lowest BCUT2D eigenvalue weighted by atomic mass is 10.2. The van der Waals surface area contributed by atoms with Crippen molar-refractivity contribution in [2.45, 2.75) is 31.7 Å². The number of anilines is 1. The van der Waals surface area contributed by atoms with E-state index in [0.29, 0.717) is 11.3 Å². The molecule has 0 aliphatic carbocycles. The summed E-state index contributed by atoms with van der Waals surface area (Å²) in [6.45, 7) is 4.01. The maximum atomic E-state index is 12.3. The van der Waals surface area contributed by atoms with Crippen LogP contribution in [0, 0.1) is 13.8 Å². The molecule has 0 fully saturated rings.